The molecule has 6 heteroatoms. The number of nitrogens with one attached hydrogen (secondary N) is 2. The molecule has 0 bridgehead atoms. The average Bonchev–Trinajstić information content (AvgIpc) is 2.69. The third-order valence-corrected chi connectivity index (χ3v) is 4.50. The number of rotatable bonds is 5. The van der Waals surface area contributed by atoms with Crippen LogP contribution in [-0.4, -0.2) is 34.8 Å². The van der Waals surface area contributed by atoms with Gasteiger partial charge in [-0.1, -0.05) is 46.8 Å². The molecule has 0 saturated carbocycles. The molecule has 26 heavy (non-hydrogen) atoms. The fourth-order valence-corrected chi connectivity index (χ4v) is 3.24. The van der Waals surface area contributed by atoms with E-state index in [0.29, 0.717) is 12.1 Å². The molecule has 142 valence electrons. The highest BCUT2D eigenvalue weighted by atomic mass is 16.2. The minimum atomic E-state index is -0.945. The van der Waals surface area contributed by atoms with Gasteiger partial charge < -0.3 is 10.6 Å². The molecule has 0 aliphatic carbocycles. The van der Waals surface area contributed by atoms with E-state index in [1.807, 2.05) is 38.1 Å². The Hall–Kier alpha value is -2.37. The maximum absolute atomic E-state index is 12.6. The second-order valence-corrected chi connectivity index (χ2v) is 8.63. The summed E-state index contributed by atoms with van der Waals surface area (Å²) in [6, 6.07) is 7.06. The van der Waals surface area contributed by atoms with Gasteiger partial charge >= 0.3 is 6.03 Å². The van der Waals surface area contributed by atoms with Crippen LogP contribution in [0.3, 0.4) is 0 Å². The van der Waals surface area contributed by atoms with Crippen LogP contribution in [0.25, 0.3) is 0 Å². The molecular formula is C20H29N3O3. The smallest absolute Gasteiger partial charge is 0.325 e. The van der Waals surface area contributed by atoms with E-state index in [1.54, 1.807) is 6.92 Å². The van der Waals surface area contributed by atoms with Gasteiger partial charge in [-0.05, 0) is 42.4 Å². The first-order valence-corrected chi connectivity index (χ1v) is 8.97. The standard InChI is InChI=1S/C20H29N3O3/c1-13(2)11-20(6)17(25)23(18(26)22-20)12-16(24)21-15-9-7-14(8-10-15)19(3,4)5/h7-10,13H,11-12H2,1-6H3,(H,21,24)(H,22,26). The monoisotopic (exact) mass is 359 g/mol. The highest BCUT2D eigenvalue weighted by molar-refractivity contribution is 6.09. The Morgan fingerprint density at radius 1 is 1.19 bits per heavy atom. The molecule has 1 aliphatic heterocycles. The first kappa shape index (κ1) is 19.9. The highest BCUT2D eigenvalue weighted by Crippen LogP contribution is 2.25. The number of amides is 4. The number of hydrogen-bond donors (Lipinski definition) is 2. The Labute approximate surface area is 155 Å². The summed E-state index contributed by atoms with van der Waals surface area (Å²) < 4.78 is 0. The Bertz CT molecular complexity index is 704. The molecule has 0 aromatic heterocycles. The predicted molar refractivity (Wildman–Crippen MR) is 102 cm³/mol. The number of hydrogen-bond acceptors (Lipinski definition) is 3. The van der Waals surface area contributed by atoms with E-state index in [-0.39, 0.29) is 23.8 Å². The SMILES string of the molecule is CC(C)CC1(C)NC(=O)N(CC(=O)Nc2ccc(C(C)(C)C)cc2)C1=O. The molecule has 1 atom stereocenters. The van der Waals surface area contributed by atoms with Crippen molar-refractivity contribution in [2.24, 2.45) is 5.92 Å². The van der Waals surface area contributed by atoms with Crippen molar-refractivity contribution in [1.82, 2.24) is 10.2 Å². The van der Waals surface area contributed by atoms with Crippen LogP contribution in [0.1, 0.15) is 53.5 Å². The summed E-state index contributed by atoms with van der Waals surface area (Å²) in [7, 11) is 0. The van der Waals surface area contributed by atoms with Crippen LogP contribution in [-0.2, 0) is 15.0 Å². The predicted octanol–water partition coefficient (Wildman–Crippen LogP) is 3.28. The number of nitrogens with zero attached hydrogens (tertiary/aromatic N) is 1. The zero-order chi connectivity index (χ0) is 19.7. The van der Waals surface area contributed by atoms with Gasteiger partial charge in [-0.3, -0.25) is 14.5 Å². The van der Waals surface area contributed by atoms with Crippen molar-refractivity contribution in [2.75, 3.05) is 11.9 Å². The maximum atomic E-state index is 12.6. The molecule has 0 radical (unpaired) electrons. The Balaban J connectivity index is 2.01. The van der Waals surface area contributed by atoms with Crippen molar-refractivity contribution in [3.63, 3.8) is 0 Å². The largest absolute Gasteiger partial charge is 0.325 e. The number of imide groups is 1. The lowest BCUT2D eigenvalue weighted by molar-refractivity contribution is -0.133. The van der Waals surface area contributed by atoms with E-state index >= 15 is 0 Å². The van der Waals surface area contributed by atoms with Crippen molar-refractivity contribution in [1.29, 1.82) is 0 Å². The molecule has 1 aliphatic rings. The number of benzene rings is 1. The van der Waals surface area contributed by atoms with E-state index in [4.69, 9.17) is 0 Å². The zero-order valence-electron chi connectivity index (χ0n) is 16.5. The van der Waals surface area contributed by atoms with Crippen LogP contribution < -0.4 is 10.6 Å². The molecule has 6 nitrogen and oxygen atoms in total. The number of urea groups is 1. The van der Waals surface area contributed by atoms with Gasteiger partial charge in [-0.2, -0.15) is 0 Å². The van der Waals surface area contributed by atoms with Gasteiger partial charge in [0.1, 0.15) is 12.1 Å². The molecule has 1 fully saturated rings. The molecule has 1 unspecified atom stereocenters. The first-order valence-electron chi connectivity index (χ1n) is 8.97. The third-order valence-electron chi connectivity index (χ3n) is 4.50. The number of anilines is 1. The van der Waals surface area contributed by atoms with Gasteiger partial charge in [0, 0.05) is 5.69 Å². The minimum Gasteiger partial charge on any atom is -0.325 e. The summed E-state index contributed by atoms with van der Waals surface area (Å²) in [4.78, 5) is 38.0. The van der Waals surface area contributed by atoms with Gasteiger partial charge in [0.2, 0.25) is 5.91 Å². The fraction of sp³-hybridized carbons (Fsp3) is 0.550. The van der Waals surface area contributed by atoms with Crippen molar-refractivity contribution >= 4 is 23.5 Å². The summed E-state index contributed by atoms with van der Waals surface area (Å²) in [6.07, 6.45) is 0.532. The van der Waals surface area contributed by atoms with Crippen LogP contribution in [0.15, 0.2) is 24.3 Å². The first-order chi connectivity index (χ1) is 11.9. The van der Waals surface area contributed by atoms with Crippen molar-refractivity contribution < 1.29 is 14.4 Å². The van der Waals surface area contributed by atoms with Gasteiger partial charge in [-0.15, -0.1) is 0 Å². The van der Waals surface area contributed by atoms with E-state index in [2.05, 4.69) is 31.4 Å². The van der Waals surface area contributed by atoms with E-state index in [9.17, 15) is 14.4 Å². The van der Waals surface area contributed by atoms with E-state index in [1.165, 1.54) is 0 Å². The summed E-state index contributed by atoms with van der Waals surface area (Å²) in [5.41, 5.74) is 0.887. The topological polar surface area (TPSA) is 78.5 Å². The van der Waals surface area contributed by atoms with Crippen LogP contribution in [0.5, 0.6) is 0 Å². The van der Waals surface area contributed by atoms with Crippen molar-refractivity contribution in [3.8, 4) is 0 Å². The van der Waals surface area contributed by atoms with Crippen LogP contribution in [0.2, 0.25) is 0 Å². The molecule has 0 spiro atoms. The molecule has 1 aromatic carbocycles. The molecule has 1 aromatic rings. The maximum Gasteiger partial charge on any atom is 0.325 e. The van der Waals surface area contributed by atoms with Gasteiger partial charge in [0.25, 0.3) is 5.91 Å². The second kappa shape index (κ2) is 7.09. The molecular weight excluding hydrogens is 330 g/mol. The van der Waals surface area contributed by atoms with E-state index in [0.717, 1.165) is 10.5 Å². The molecule has 4 amide bonds. The van der Waals surface area contributed by atoms with Crippen LogP contribution in [0.4, 0.5) is 10.5 Å². The summed E-state index contributed by atoms with van der Waals surface area (Å²) in [5.74, 6) is -0.500. The fourth-order valence-electron chi connectivity index (χ4n) is 3.24. The van der Waals surface area contributed by atoms with Gasteiger partial charge in [0.05, 0.1) is 0 Å². The molecule has 2 N–H and O–H groups in total. The summed E-state index contributed by atoms with van der Waals surface area (Å²) >= 11 is 0. The highest BCUT2D eigenvalue weighted by Gasteiger charge is 2.48. The molecule has 2 rings (SSSR count). The normalized spacial score (nSPS) is 20.5. The second-order valence-electron chi connectivity index (χ2n) is 8.63. The Morgan fingerprint density at radius 2 is 1.77 bits per heavy atom. The summed E-state index contributed by atoms with van der Waals surface area (Å²) in [6.45, 7) is 11.7. The van der Waals surface area contributed by atoms with Gasteiger partial charge in [0.15, 0.2) is 0 Å². The lowest BCUT2D eigenvalue weighted by atomic mass is 9.87. The molecule has 1 heterocycles. The number of carbonyl (C=O) groups excluding carboxylic acids is 3. The quantitative estimate of drug-likeness (QED) is 0.792. The lowest BCUT2D eigenvalue weighted by Crippen LogP contribution is -2.45. The lowest BCUT2D eigenvalue weighted by Gasteiger charge is -2.23. The number of carbonyl (C=O) groups is 3. The third kappa shape index (κ3) is 4.42. The van der Waals surface area contributed by atoms with Crippen molar-refractivity contribution in [3.05, 3.63) is 29.8 Å². The van der Waals surface area contributed by atoms with Crippen molar-refractivity contribution in [2.45, 2.75) is 58.9 Å². The average molecular weight is 359 g/mol. The minimum absolute atomic E-state index is 0.0312. The van der Waals surface area contributed by atoms with E-state index < -0.39 is 17.5 Å². The van der Waals surface area contributed by atoms with Crippen LogP contribution >= 0.6 is 0 Å². The Morgan fingerprint density at radius 3 is 2.27 bits per heavy atom. The zero-order valence-corrected chi connectivity index (χ0v) is 16.5. The summed E-state index contributed by atoms with van der Waals surface area (Å²) in [5, 5.41) is 5.46. The van der Waals surface area contributed by atoms with Crippen LogP contribution in [0, 0.1) is 5.92 Å². The van der Waals surface area contributed by atoms with Gasteiger partial charge in [-0.25, -0.2) is 4.79 Å². The Kier molecular flexibility index (Phi) is 5.44. The molecule has 1 saturated heterocycles.